The van der Waals surface area contributed by atoms with Crippen molar-refractivity contribution in [3.05, 3.63) is 47.7 Å². The molecule has 0 unspecified atom stereocenters. The number of furan rings is 1. The van der Waals surface area contributed by atoms with Crippen LogP contribution < -0.4 is 19.5 Å². The Morgan fingerprint density at radius 3 is 2.29 bits per heavy atom. The number of ketones is 1. The van der Waals surface area contributed by atoms with Crippen molar-refractivity contribution in [3.63, 3.8) is 0 Å². The fraction of sp³-hybridized carbons (Fsp3) is 0.200. The van der Waals surface area contributed by atoms with Crippen LogP contribution in [0.2, 0.25) is 0 Å². The van der Waals surface area contributed by atoms with E-state index in [4.69, 9.17) is 18.6 Å². The summed E-state index contributed by atoms with van der Waals surface area (Å²) in [5.41, 5.74) is 1.28. The van der Waals surface area contributed by atoms with Gasteiger partial charge in [-0.1, -0.05) is 34.7 Å². The molecule has 0 aliphatic carbocycles. The summed E-state index contributed by atoms with van der Waals surface area (Å²) in [6.45, 7) is 0. The highest BCUT2D eigenvalue weighted by Gasteiger charge is 2.21. The number of ether oxygens (including phenoxy) is 3. The van der Waals surface area contributed by atoms with Crippen molar-refractivity contribution in [2.24, 2.45) is 0 Å². The molecule has 28 heavy (non-hydrogen) atoms. The Hall–Kier alpha value is -2.75. The summed E-state index contributed by atoms with van der Waals surface area (Å²) < 4.78 is 22.0. The molecular weight excluding hydrogens is 477 g/mol. The molecule has 1 aromatic heterocycles. The van der Waals surface area contributed by atoms with Gasteiger partial charge in [-0.2, -0.15) is 0 Å². The van der Waals surface area contributed by atoms with E-state index in [1.54, 1.807) is 30.3 Å². The van der Waals surface area contributed by atoms with Crippen LogP contribution in [-0.2, 0) is 4.79 Å². The minimum absolute atomic E-state index is 0.139. The Morgan fingerprint density at radius 2 is 1.71 bits per heavy atom. The van der Waals surface area contributed by atoms with Crippen molar-refractivity contribution in [1.29, 1.82) is 0 Å². The Bertz CT molecular complexity index is 1020. The highest BCUT2D eigenvalue weighted by molar-refractivity contribution is 14.1. The molecule has 0 atom stereocenters. The van der Waals surface area contributed by atoms with E-state index in [1.807, 2.05) is 28.7 Å². The normalized spacial score (nSPS) is 10.6. The van der Waals surface area contributed by atoms with Gasteiger partial charge in [-0.25, -0.2) is 0 Å². The summed E-state index contributed by atoms with van der Waals surface area (Å²) in [6.07, 6.45) is 0. The molecule has 1 amide bonds. The van der Waals surface area contributed by atoms with E-state index in [0.717, 1.165) is 0 Å². The quantitative estimate of drug-likeness (QED) is 0.302. The molecule has 0 bridgehead atoms. The Kier molecular flexibility index (Phi) is 6.08. The van der Waals surface area contributed by atoms with Gasteiger partial charge in [-0.3, -0.25) is 9.59 Å². The summed E-state index contributed by atoms with van der Waals surface area (Å²) in [6, 6.07) is 10.1. The molecule has 0 aliphatic rings. The molecule has 1 N–H and O–H groups in total. The number of rotatable bonds is 7. The van der Waals surface area contributed by atoms with E-state index in [2.05, 4.69) is 5.32 Å². The number of amides is 1. The molecule has 0 saturated carbocycles. The van der Waals surface area contributed by atoms with E-state index < -0.39 is 0 Å². The molecule has 0 radical (unpaired) electrons. The molecule has 0 fully saturated rings. The van der Waals surface area contributed by atoms with Crippen LogP contribution in [0.5, 0.6) is 17.2 Å². The van der Waals surface area contributed by atoms with E-state index >= 15 is 0 Å². The van der Waals surface area contributed by atoms with Crippen LogP contribution in [0.15, 0.2) is 40.8 Å². The number of methoxy groups -OCH3 is 3. The average molecular weight is 495 g/mol. The lowest BCUT2D eigenvalue weighted by molar-refractivity contribution is -0.113. The van der Waals surface area contributed by atoms with Crippen LogP contribution in [0, 0.1) is 0 Å². The monoisotopic (exact) mass is 495 g/mol. The lowest BCUT2D eigenvalue weighted by Crippen LogP contribution is -2.12. The first-order chi connectivity index (χ1) is 13.5. The summed E-state index contributed by atoms with van der Waals surface area (Å²) in [5.74, 6) is 0.784. The van der Waals surface area contributed by atoms with Crippen LogP contribution in [0.4, 0.5) is 5.69 Å². The van der Waals surface area contributed by atoms with Crippen LogP contribution in [0.25, 0.3) is 11.0 Å². The Labute approximate surface area is 175 Å². The topological polar surface area (TPSA) is 87.0 Å². The van der Waals surface area contributed by atoms with Gasteiger partial charge >= 0.3 is 0 Å². The zero-order valence-corrected chi connectivity index (χ0v) is 17.7. The second-order valence-corrected chi connectivity index (χ2v) is 6.52. The van der Waals surface area contributed by atoms with Crippen molar-refractivity contribution >= 4 is 50.9 Å². The summed E-state index contributed by atoms with van der Waals surface area (Å²) in [7, 11) is 4.45. The molecule has 0 aliphatic heterocycles. The van der Waals surface area contributed by atoms with Crippen molar-refractivity contribution in [1.82, 2.24) is 0 Å². The maximum Gasteiger partial charge on any atom is 0.234 e. The van der Waals surface area contributed by atoms with E-state index in [-0.39, 0.29) is 17.5 Å². The van der Waals surface area contributed by atoms with Crippen molar-refractivity contribution < 1.29 is 28.2 Å². The SMILES string of the molecule is COc1cc(C(=O)c2cc3cccc(NC(=O)CI)c3o2)cc(OC)c1OC. The fourth-order valence-electron chi connectivity index (χ4n) is 2.81. The molecule has 0 spiro atoms. The zero-order chi connectivity index (χ0) is 20.3. The number of hydrogen-bond acceptors (Lipinski definition) is 6. The molecule has 1 heterocycles. The number of para-hydroxylation sites is 1. The Morgan fingerprint density at radius 1 is 1.04 bits per heavy atom. The number of halogens is 1. The predicted octanol–water partition coefficient (Wildman–Crippen LogP) is 4.06. The molecule has 3 aromatic rings. The zero-order valence-electron chi connectivity index (χ0n) is 15.5. The number of carbonyl (C=O) groups is 2. The average Bonchev–Trinajstić information content (AvgIpc) is 3.17. The standard InChI is InChI=1S/C20H18INO6/c1-25-15-8-12(9-16(26-2)20(15)27-3)18(24)14-7-11-5-4-6-13(19(11)28-14)22-17(23)10-21/h4-9H,10H2,1-3H3,(H,22,23). The van der Waals surface area contributed by atoms with Gasteiger partial charge in [-0.15, -0.1) is 0 Å². The second-order valence-electron chi connectivity index (χ2n) is 5.76. The van der Waals surface area contributed by atoms with Gasteiger partial charge in [0.25, 0.3) is 0 Å². The van der Waals surface area contributed by atoms with Gasteiger partial charge in [-0.05, 0) is 24.3 Å². The van der Waals surface area contributed by atoms with Gasteiger partial charge in [0.05, 0.1) is 31.4 Å². The Balaban J connectivity index is 2.04. The maximum atomic E-state index is 13.0. The van der Waals surface area contributed by atoms with Crippen molar-refractivity contribution in [2.45, 2.75) is 0 Å². The minimum atomic E-state index is -0.346. The summed E-state index contributed by atoms with van der Waals surface area (Å²) >= 11 is 1.98. The second kappa shape index (κ2) is 8.51. The van der Waals surface area contributed by atoms with Gasteiger partial charge in [0.2, 0.25) is 17.4 Å². The molecule has 3 rings (SSSR count). The van der Waals surface area contributed by atoms with Gasteiger partial charge < -0.3 is 23.9 Å². The van der Waals surface area contributed by atoms with Gasteiger partial charge in [0.1, 0.15) is 0 Å². The summed E-state index contributed by atoms with van der Waals surface area (Å²) in [5, 5.41) is 3.48. The number of alkyl halides is 1. The van der Waals surface area contributed by atoms with Gasteiger partial charge in [0.15, 0.2) is 22.8 Å². The lowest BCUT2D eigenvalue weighted by Gasteiger charge is -2.13. The minimum Gasteiger partial charge on any atom is -0.493 e. The highest BCUT2D eigenvalue weighted by atomic mass is 127. The van der Waals surface area contributed by atoms with Gasteiger partial charge in [0, 0.05) is 10.9 Å². The van der Waals surface area contributed by atoms with Crippen LogP contribution in [0.3, 0.4) is 0 Å². The number of carbonyl (C=O) groups excluding carboxylic acids is 2. The number of hydrogen-bond donors (Lipinski definition) is 1. The van der Waals surface area contributed by atoms with E-state index in [1.165, 1.54) is 21.3 Å². The van der Waals surface area contributed by atoms with Crippen LogP contribution in [0.1, 0.15) is 16.1 Å². The molecule has 8 heteroatoms. The third-order valence-electron chi connectivity index (χ3n) is 4.09. The first kappa shape index (κ1) is 20.0. The molecule has 7 nitrogen and oxygen atoms in total. The maximum absolute atomic E-state index is 13.0. The number of nitrogens with one attached hydrogen (secondary N) is 1. The molecule has 0 saturated heterocycles. The number of benzene rings is 2. The first-order valence-corrected chi connectivity index (χ1v) is 9.78. The third kappa shape index (κ3) is 3.77. The summed E-state index contributed by atoms with van der Waals surface area (Å²) in [4.78, 5) is 24.7. The largest absolute Gasteiger partial charge is 0.493 e. The van der Waals surface area contributed by atoms with Crippen molar-refractivity contribution in [3.8, 4) is 17.2 Å². The van der Waals surface area contributed by atoms with Crippen LogP contribution >= 0.6 is 22.6 Å². The van der Waals surface area contributed by atoms with E-state index in [0.29, 0.717) is 43.9 Å². The smallest absolute Gasteiger partial charge is 0.234 e. The molecule has 146 valence electrons. The van der Waals surface area contributed by atoms with Crippen LogP contribution in [-0.4, -0.2) is 37.4 Å². The first-order valence-electron chi connectivity index (χ1n) is 8.25. The molecule has 2 aromatic carbocycles. The van der Waals surface area contributed by atoms with E-state index in [9.17, 15) is 9.59 Å². The number of fused-ring (bicyclic) bond motifs is 1. The fourth-order valence-corrected chi connectivity index (χ4v) is 3.00. The third-order valence-corrected chi connectivity index (χ3v) is 4.78. The highest BCUT2D eigenvalue weighted by Crippen LogP contribution is 2.39. The molecular formula is C20H18INO6. The number of anilines is 1. The van der Waals surface area contributed by atoms with Crippen molar-refractivity contribution in [2.75, 3.05) is 31.1 Å². The predicted molar refractivity (Wildman–Crippen MR) is 113 cm³/mol. The lowest BCUT2D eigenvalue weighted by atomic mass is 10.1.